The molecule has 0 bridgehead atoms. The summed E-state index contributed by atoms with van der Waals surface area (Å²) in [5.74, 6) is -1.31. The van der Waals surface area contributed by atoms with Crippen molar-refractivity contribution in [3.05, 3.63) is 89.1 Å². The number of pyridine rings is 1. The third-order valence-electron chi connectivity index (χ3n) is 7.41. The Labute approximate surface area is 259 Å². The van der Waals surface area contributed by atoms with Crippen LogP contribution in [0.2, 0.25) is 0 Å². The van der Waals surface area contributed by atoms with Crippen LogP contribution in [0.25, 0.3) is 0 Å². The van der Waals surface area contributed by atoms with E-state index in [1.54, 1.807) is 42.6 Å². The molecule has 0 radical (unpaired) electrons. The predicted octanol–water partition coefficient (Wildman–Crippen LogP) is 6.49. The summed E-state index contributed by atoms with van der Waals surface area (Å²) in [4.78, 5) is 44.9. The number of carbonyl (C=O) groups excluding carboxylic acids is 2. The molecule has 1 aliphatic heterocycles. The molecule has 0 fully saturated rings. The molecule has 0 unspecified atom stereocenters. The van der Waals surface area contributed by atoms with Gasteiger partial charge in [0.15, 0.2) is 0 Å². The number of alkyl halides is 3. The number of ether oxygens (including phenoxy) is 2. The molecule has 1 aromatic heterocycles. The van der Waals surface area contributed by atoms with E-state index in [1.807, 2.05) is 6.92 Å². The maximum Gasteiger partial charge on any atom is 0.416 e. The summed E-state index contributed by atoms with van der Waals surface area (Å²) >= 11 is 0. The van der Waals surface area contributed by atoms with Crippen LogP contribution in [-0.4, -0.2) is 52.7 Å². The molecule has 9 nitrogen and oxygen atoms in total. The number of carbonyl (C=O) groups is 3. The lowest BCUT2D eigenvalue weighted by atomic mass is 9.94. The van der Waals surface area contributed by atoms with Crippen molar-refractivity contribution in [1.82, 2.24) is 9.88 Å². The van der Waals surface area contributed by atoms with Gasteiger partial charge >= 0.3 is 18.2 Å². The molecule has 3 aromatic rings. The van der Waals surface area contributed by atoms with Crippen LogP contribution < -0.4 is 9.64 Å². The molecule has 1 N–H and O–H groups in total. The first-order valence-corrected chi connectivity index (χ1v) is 14.8. The first-order valence-electron chi connectivity index (χ1n) is 14.8. The van der Waals surface area contributed by atoms with Gasteiger partial charge in [0, 0.05) is 25.8 Å². The van der Waals surface area contributed by atoms with Gasteiger partial charge in [-0.1, -0.05) is 37.6 Å². The van der Waals surface area contributed by atoms with E-state index >= 15 is 0 Å². The molecule has 0 aliphatic carbocycles. The van der Waals surface area contributed by atoms with Crippen molar-refractivity contribution in [2.24, 2.45) is 5.92 Å². The number of halogens is 3. The second-order valence-electron chi connectivity index (χ2n) is 10.8. The molecule has 240 valence electrons. The average Bonchev–Trinajstić information content (AvgIpc) is 3.12. The van der Waals surface area contributed by atoms with Crippen molar-refractivity contribution in [2.45, 2.75) is 58.3 Å². The summed E-state index contributed by atoms with van der Waals surface area (Å²) in [6.07, 6.45) is -1.40. The predicted molar refractivity (Wildman–Crippen MR) is 160 cm³/mol. The van der Waals surface area contributed by atoms with Crippen molar-refractivity contribution < 1.29 is 42.1 Å². The number of anilines is 1. The topological polar surface area (TPSA) is 109 Å². The van der Waals surface area contributed by atoms with E-state index in [-0.39, 0.29) is 38.4 Å². The number of nitrogens with zero attached hydrogens (tertiary/aromatic N) is 3. The smallest absolute Gasteiger partial charge is 0.416 e. The molecule has 1 atom stereocenters. The number of hydrogen-bond donors (Lipinski definition) is 1. The van der Waals surface area contributed by atoms with Crippen molar-refractivity contribution in [3.8, 4) is 5.75 Å². The van der Waals surface area contributed by atoms with Gasteiger partial charge in [-0.3, -0.25) is 14.5 Å². The molecule has 0 saturated heterocycles. The van der Waals surface area contributed by atoms with Gasteiger partial charge < -0.3 is 19.5 Å². The van der Waals surface area contributed by atoms with Gasteiger partial charge in [-0.05, 0) is 72.4 Å². The molecule has 12 heteroatoms. The number of aliphatic carboxylic acids is 1. The van der Waals surface area contributed by atoms with Crippen molar-refractivity contribution >= 4 is 23.8 Å². The van der Waals surface area contributed by atoms with E-state index in [0.717, 1.165) is 36.1 Å². The lowest BCUT2D eigenvalue weighted by Gasteiger charge is -2.24. The van der Waals surface area contributed by atoms with Gasteiger partial charge in [-0.2, -0.15) is 13.2 Å². The standard InChI is InChI=1S/C33H36F3N3O6/c1-2-3-16-45-32(43)39(29-7-4-5-14-37-29)15-6-17-44-28-13-10-24-18-25(20-30(40)41)31(42)38(22-26(24)19-28)21-23-8-11-27(12-9-23)33(34,35)36/h4-5,7-14,19,25H,2-3,6,15-18,20-22H2,1H3,(H,40,41)/t25-/m1/s1. The Morgan fingerprint density at radius 1 is 1.04 bits per heavy atom. The van der Waals surface area contributed by atoms with Gasteiger partial charge in [0.2, 0.25) is 5.91 Å². The Hall–Kier alpha value is -4.61. The largest absolute Gasteiger partial charge is 0.494 e. The van der Waals surface area contributed by atoms with E-state index in [1.165, 1.54) is 21.9 Å². The first-order chi connectivity index (χ1) is 21.5. The number of aromatic nitrogens is 1. The summed E-state index contributed by atoms with van der Waals surface area (Å²) in [5.41, 5.74) is 1.26. The Kier molecular flexibility index (Phi) is 11.4. The average molecular weight is 628 g/mol. The normalized spacial score (nSPS) is 14.8. The number of benzene rings is 2. The van der Waals surface area contributed by atoms with Crippen LogP contribution in [-0.2, 0) is 40.0 Å². The molecule has 45 heavy (non-hydrogen) atoms. The summed E-state index contributed by atoms with van der Waals surface area (Å²) < 4.78 is 50.5. The van der Waals surface area contributed by atoms with Crippen LogP contribution in [0.3, 0.4) is 0 Å². The van der Waals surface area contributed by atoms with Crippen LogP contribution in [0.5, 0.6) is 5.75 Å². The molecular formula is C33H36F3N3O6. The zero-order valence-electron chi connectivity index (χ0n) is 25.0. The number of hydrogen-bond acceptors (Lipinski definition) is 6. The van der Waals surface area contributed by atoms with Gasteiger partial charge in [0.1, 0.15) is 11.6 Å². The van der Waals surface area contributed by atoms with Crippen LogP contribution in [0.4, 0.5) is 23.8 Å². The number of fused-ring (bicyclic) bond motifs is 1. The molecule has 0 spiro atoms. The van der Waals surface area contributed by atoms with E-state index in [0.29, 0.717) is 36.7 Å². The molecule has 2 heterocycles. The third kappa shape index (κ3) is 9.44. The summed E-state index contributed by atoms with van der Waals surface area (Å²) in [5, 5.41) is 9.44. The minimum atomic E-state index is -4.48. The second-order valence-corrected chi connectivity index (χ2v) is 10.8. The van der Waals surface area contributed by atoms with Crippen LogP contribution in [0, 0.1) is 5.92 Å². The highest BCUT2D eigenvalue weighted by molar-refractivity contribution is 5.86. The fourth-order valence-electron chi connectivity index (χ4n) is 5.06. The van der Waals surface area contributed by atoms with Crippen molar-refractivity contribution in [1.29, 1.82) is 0 Å². The summed E-state index contributed by atoms with van der Waals surface area (Å²) in [6.45, 7) is 3.05. The second kappa shape index (κ2) is 15.4. The Bertz CT molecular complexity index is 1450. The number of carboxylic acid groups (broad SMARTS) is 1. The number of carboxylic acids is 1. The highest BCUT2D eigenvalue weighted by Crippen LogP contribution is 2.31. The summed E-state index contributed by atoms with van der Waals surface area (Å²) in [7, 11) is 0. The monoisotopic (exact) mass is 627 g/mol. The lowest BCUT2D eigenvalue weighted by Crippen LogP contribution is -2.35. The number of rotatable bonds is 13. The highest BCUT2D eigenvalue weighted by atomic mass is 19.4. The third-order valence-corrected chi connectivity index (χ3v) is 7.41. The van der Waals surface area contributed by atoms with E-state index in [2.05, 4.69) is 4.98 Å². The Morgan fingerprint density at radius 3 is 2.49 bits per heavy atom. The summed E-state index contributed by atoms with van der Waals surface area (Å²) in [6, 6.07) is 15.2. The quantitative estimate of drug-likeness (QED) is 0.216. The van der Waals surface area contributed by atoms with E-state index in [4.69, 9.17) is 9.47 Å². The van der Waals surface area contributed by atoms with E-state index < -0.39 is 29.7 Å². The molecule has 2 amide bonds. The SMILES string of the molecule is CCCCOC(=O)N(CCCOc1ccc2c(c1)CN(Cc1ccc(C(F)(F)F)cc1)C(=O)[C@@H](CC(=O)O)C2)c1ccccn1. The Morgan fingerprint density at radius 2 is 1.82 bits per heavy atom. The molecule has 2 aromatic carbocycles. The molecular weight excluding hydrogens is 591 g/mol. The van der Waals surface area contributed by atoms with Gasteiger partial charge in [-0.15, -0.1) is 0 Å². The molecule has 4 rings (SSSR count). The molecule has 1 aliphatic rings. The maximum atomic E-state index is 13.4. The zero-order chi connectivity index (χ0) is 32.4. The maximum absolute atomic E-state index is 13.4. The van der Waals surface area contributed by atoms with Crippen LogP contribution in [0.1, 0.15) is 54.9 Å². The fourth-order valence-corrected chi connectivity index (χ4v) is 5.06. The minimum Gasteiger partial charge on any atom is -0.494 e. The first kappa shape index (κ1) is 33.3. The molecule has 0 saturated carbocycles. The van der Waals surface area contributed by atoms with Gasteiger partial charge in [-0.25, -0.2) is 9.78 Å². The Balaban J connectivity index is 1.44. The minimum absolute atomic E-state index is 0.0231. The fraction of sp³-hybridized carbons (Fsp3) is 0.394. The van der Waals surface area contributed by atoms with Gasteiger partial charge in [0.05, 0.1) is 31.1 Å². The highest BCUT2D eigenvalue weighted by Gasteiger charge is 2.33. The van der Waals surface area contributed by atoms with E-state index in [9.17, 15) is 32.7 Å². The number of unbranched alkanes of at least 4 members (excludes halogenated alkanes) is 1. The number of amides is 2. The van der Waals surface area contributed by atoms with Crippen molar-refractivity contribution in [2.75, 3.05) is 24.7 Å². The van der Waals surface area contributed by atoms with Gasteiger partial charge in [0.25, 0.3) is 0 Å². The van der Waals surface area contributed by atoms with Crippen LogP contribution >= 0.6 is 0 Å². The zero-order valence-corrected chi connectivity index (χ0v) is 25.0. The van der Waals surface area contributed by atoms with Crippen LogP contribution in [0.15, 0.2) is 66.9 Å². The lowest BCUT2D eigenvalue weighted by molar-refractivity contribution is -0.144. The van der Waals surface area contributed by atoms with Crippen molar-refractivity contribution in [3.63, 3.8) is 0 Å².